The van der Waals surface area contributed by atoms with E-state index in [1.165, 1.54) is 7.11 Å². The van der Waals surface area contributed by atoms with Gasteiger partial charge in [-0.05, 0) is 19.1 Å². The van der Waals surface area contributed by atoms with Gasteiger partial charge in [0.15, 0.2) is 0 Å². The highest BCUT2D eigenvalue weighted by molar-refractivity contribution is 5.84. The van der Waals surface area contributed by atoms with Gasteiger partial charge < -0.3 is 15.2 Å². The number of hydrogen-bond donors (Lipinski definition) is 1. The Morgan fingerprint density at radius 2 is 2.11 bits per heavy atom. The van der Waals surface area contributed by atoms with E-state index in [9.17, 15) is 4.79 Å². The second kappa shape index (κ2) is 5.24. The fourth-order valence-electron chi connectivity index (χ4n) is 1.71. The van der Waals surface area contributed by atoms with Crippen molar-refractivity contribution in [1.29, 1.82) is 0 Å². The van der Waals surface area contributed by atoms with E-state index in [0.29, 0.717) is 5.75 Å². The van der Waals surface area contributed by atoms with Crippen LogP contribution in [0.1, 0.15) is 6.92 Å². The van der Waals surface area contributed by atoms with Crippen LogP contribution in [0.25, 0.3) is 10.9 Å². The van der Waals surface area contributed by atoms with Gasteiger partial charge in [0.05, 0.1) is 7.11 Å². The first-order chi connectivity index (χ1) is 9.04. The molecule has 2 aromatic rings. The van der Waals surface area contributed by atoms with Crippen molar-refractivity contribution in [3.8, 4) is 5.75 Å². The minimum absolute atomic E-state index is 0.0232. The summed E-state index contributed by atoms with van der Waals surface area (Å²) >= 11 is 0. The Morgan fingerprint density at radius 3 is 2.84 bits per heavy atom. The first-order valence-electron chi connectivity index (χ1n) is 5.88. The fraction of sp³-hybridized carbons (Fsp3) is 0.286. The topological polar surface area (TPSA) is 74.4 Å². The van der Waals surface area contributed by atoms with Gasteiger partial charge in [-0.25, -0.2) is 4.79 Å². The highest BCUT2D eigenvalue weighted by atomic mass is 16.5. The monoisotopic (exact) mass is 260 g/mol. The maximum absolute atomic E-state index is 11.5. The van der Waals surface area contributed by atoms with Crippen molar-refractivity contribution in [1.82, 2.24) is 4.98 Å². The molecule has 1 aromatic heterocycles. The number of hydrogen-bond acceptors (Lipinski definition) is 5. The van der Waals surface area contributed by atoms with Gasteiger partial charge in [-0.2, -0.15) is 0 Å². The Hall–Kier alpha value is -2.14. The summed E-state index contributed by atoms with van der Waals surface area (Å²) in [5, 5.41) is 0.969. The third-order valence-corrected chi connectivity index (χ3v) is 2.77. The molecular formula is C14H16N2O3. The predicted octanol–water partition coefficient (Wildman–Crippen LogP) is 1.50. The number of nitrogens with zero attached hydrogens (tertiary/aromatic N) is 1. The zero-order valence-electron chi connectivity index (χ0n) is 10.9. The molecule has 1 heterocycles. The average molecular weight is 260 g/mol. The molecule has 0 fully saturated rings. The van der Waals surface area contributed by atoms with E-state index in [-0.39, 0.29) is 6.61 Å². The molecule has 0 aliphatic carbocycles. The van der Waals surface area contributed by atoms with Crippen molar-refractivity contribution in [3.63, 3.8) is 0 Å². The number of benzene rings is 1. The van der Waals surface area contributed by atoms with Gasteiger partial charge in [-0.3, -0.25) is 4.98 Å². The maximum atomic E-state index is 11.5. The minimum Gasteiger partial charge on any atom is -0.489 e. The van der Waals surface area contributed by atoms with Gasteiger partial charge in [-0.15, -0.1) is 0 Å². The van der Waals surface area contributed by atoms with Gasteiger partial charge in [-0.1, -0.05) is 18.2 Å². The van der Waals surface area contributed by atoms with Gasteiger partial charge in [0.2, 0.25) is 0 Å². The summed E-state index contributed by atoms with van der Waals surface area (Å²) < 4.78 is 10.3. The van der Waals surface area contributed by atoms with Crippen LogP contribution in [-0.2, 0) is 9.53 Å². The summed E-state index contributed by atoms with van der Waals surface area (Å²) in [4.78, 5) is 15.7. The molecule has 19 heavy (non-hydrogen) atoms. The van der Waals surface area contributed by atoms with Crippen molar-refractivity contribution >= 4 is 16.9 Å². The van der Waals surface area contributed by atoms with Crippen molar-refractivity contribution in [3.05, 3.63) is 36.5 Å². The molecule has 0 amide bonds. The maximum Gasteiger partial charge on any atom is 0.329 e. The molecule has 0 bridgehead atoms. The van der Waals surface area contributed by atoms with E-state index in [1.807, 2.05) is 24.3 Å². The van der Waals surface area contributed by atoms with Crippen LogP contribution in [0, 0.1) is 0 Å². The van der Waals surface area contributed by atoms with Crippen LogP contribution in [0.15, 0.2) is 36.5 Å². The molecule has 5 nitrogen and oxygen atoms in total. The molecular weight excluding hydrogens is 244 g/mol. The second-order valence-electron chi connectivity index (χ2n) is 4.53. The fourth-order valence-corrected chi connectivity index (χ4v) is 1.71. The molecule has 1 aromatic carbocycles. The van der Waals surface area contributed by atoms with E-state index in [1.54, 1.807) is 19.2 Å². The van der Waals surface area contributed by atoms with Crippen molar-refractivity contribution < 1.29 is 14.3 Å². The number of carbonyl (C=O) groups is 1. The largest absolute Gasteiger partial charge is 0.489 e. The molecule has 0 saturated heterocycles. The van der Waals surface area contributed by atoms with Crippen LogP contribution in [0.5, 0.6) is 5.75 Å². The molecule has 1 unspecified atom stereocenters. The molecule has 1 atom stereocenters. The molecule has 0 radical (unpaired) electrons. The zero-order valence-corrected chi connectivity index (χ0v) is 10.9. The lowest BCUT2D eigenvalue weighted by atomic mass is 10.1. The number of nitrogens with two attached hydrogens (primary N) is 1. The molecule has 2 N–H and O–H groups in total. The number of esters is 1. The summed E-state index contributed by atoms with van der Waals surface area (Å²) in [6, 6.07) is 9.40. The van der Waals surface area contributed by atoms with E-state index in [4.69, 9.17) is 10.5 Å². The number of pyridine rings is 1. The molecule has 2 rings (SSSR count). The quantitative estimate of drug-likeness (QED) is 0.843. The van der Waals surface area contributed by atoms with Gasteiger partial charge in [0.1, 0.15) is 23.4 Å². The van der Waals surface area contributed by atoms with Crippen molar-refractivity contribution in [2.75, 3.05) is 13.7 Å². The lowest BCUT2D eigenvalue weighted by molar-refractivity contribution is -0.147. The Balaban J connectivity index is 2.21. The lowest BCUT2D eigenvalue weighted by Gasteiger charge is -2.21. The SMILES string of the molecule is COC(=O)C(C)(N)COc1cccc2cccnc12. The van der Waals surface area contributed by atoms with Crippen molar-refractivity contribution in [2.45, 2.75) is 12.5 Å². The summed E-state index contributed by atoms with van der Waals surface area (Å²) in [5.74, 6) is 0.0828. The Labute approximate surface area is 111 Å². The van der Waals surface area contributed by atoms with Crippen molar-refractivity contribution in [2.24, 2.45) is 5.73 Å². The summed E-state index contributed by atoms with van der Waals surface area (Å²) in [6.45, 7) is 1.59. The number of para-hydroxylation sites is 1. The number of methoxy groups -OCH3 is 1. The molecule has 0 spiro atoms. The highest BCUT2D eigenvalue weighted by Crippen LogP contribution is 2.23. The van der Waals surface area contributed by atoms with Crippen LogP contribution >= 0.6 is 0 Å². The lowest BCUT2D eigenvalue weighted by Crippen LogP contribution is -2.50. The minimum atomic E-state index is -1.19. The number of rotatable bonds is 4. The highest BCUT2D eigenvalue weighted by Gasteiger charge is 2.30. The predicted molar refractivity (Wildman–Crippen MR) is 71.8 cm³/mol. The van der Waals surface area contributed by atoms with Crippen LogP contribution in [-0.4, -0.2) is 30.2 Å². The van der Waals surface area contributed by atoms with Crippen LogP contribution in [0.3, 0.4) is 0 Å². The van der Waals surface area contributed by atoms with Crippen LogP contribution in [0.4, 0.5) is 0 Å². The first kappa shape index (κ1) is 13.3. The Kier molecular flexibility index (Phi) is 3.66. The normalized spacial score (nSPS) is 13.8. The van der Waals surface area contributed by atoms with Crippen LogP contribution < -0.4 is 10.5 Å². The van der Waals surface area contributed by atoms with E-state index in [0.717, 1.165) is 10.9 Å². The molecule has 100 valence electrons. The number of fused-ring (bicyclic) bond motifs is 1. The summed E-state index contributed by atoms with van der Waals surface area (Å²) in [7, 11) is 1.30. The van der Waals surface area contributed by atoms with E-state index in [2.05, 4.69) is 9.72 Å². The smallest absolute Gasteiger partial charge is 0.329 e. The van der Waals surface area contributed by atoms with E-state index < -0.39 is 11.5 Å². The average Bonchev–Trinajstić information content (AvgIpc) is 2.44. The molecule has 0 saturated carbocycles. The zero-order chi connectivity index (χ0) is 13.9. The summed E-state index contributed by atoms with van der Waals surface area (Å²) in [5.41, 5.74) is 5.40. The molecule has 0 aliphatic rings. The Morgan fingerprint density at radius 1 is 1.37 bits per heavy atom. The number of carbonyl (C=O) groups excluding carboxylic acids is 1. The number of aromatic nitrogens is 1. The first-order valence-corrected chi connectivity index (χ1v) is 5.88. The van der Waals surface area contributed by atoms with Gasteiger partial charge in [0.25, 0.3) is 0 Å². The Bertz CT molecular complexity index is 591. The third-order valence-electron chi connectivity index (χ3n) is 2.77. The van der Waals surface area contributed by atoms with Gasteiger partial charge >= 0.3 is 5.97 Å². The third kappa shape index (κ3) is 2.82. The summed E-state index contributed by atoms with van der Waals surface area (Å²) in [6.07, 6.45) is 1.69. The van der Waals surface area contributed by atoms with Crippen LogP contribution in [0.2, 0.25) is 0 Å². The standard InChI is InChI=1S/C14H16N2O3/c1-14(15,13(17)18-2)9-19-11-7-3-5-10-6-4-8-16-12(10)11/h3-8H,9,15H2,1-2H3. The second-order valence-corrected chi connectivity index (χ2v) is 4.53. The van der Waals surface area contributed by atoms with Gasteiger partial charge in [0, 0.05) is 11.6 Å². The molecule has 0 aliphatic heterocycles. The molecule has 5 heteroatoms. The number of ether oxygens (including phenoxy) is 2. The van der Waals surface area contributed by atoms with E-state index >= 15 is 0 Å².